The number of halogens is 1. The third kappa shape index (κ3) is 3.88. The Morgan fingerprint density at radius 3 is 2.33 bits per heavy atom. The molecule has 0 aliphatic rings. The molecule has 2 amide bonds. The van der Waals surface area contributed by atoms with Crippen molar-refractivity contribution in [3.05, 3.63) is 63.2 Å². The van der Waals surface area contributed by atoms with Crippen LogP contribution in [0.5, 0.6) is 0 Å². The zero-order chi connectivity index (χ0) is 17.9. The zero-order valence-corrected chi connectivity index (χ0v) is 13.7. The van der Waals surface area contributed by atoms with E-state index in [2.05, 4.69) is 5.32 Å². The van der Waals surface area contributed by atoms with Crippen LogP contribution in [0, 0.1) is 10.1 Å². The second kappa shape index (κ2) is 7.10. The van der Waals surface area contributed by atoms with Gasteiger partial charge in [-0.2, -0.15) is 0 Å². The molecule has 0 atom stereocenters. The standard InChI is InChI=1S/C16H14ClN3O4/c1-10(21)19(2)12-5-3-11(4-6-12)18-16(22)14-9-13(20(23)24)7-8-15(14)17/h3-9H,1-2H3,(H,18,22). The summed E-state index contributed by atoms with van der Waals surface area (Å²) in [4.78, 5) is 35.2. The molecule has 0 radical (unpaired) electrons. The van der Waals surface area contributed by atoms with Crippen LogP contribution in [0.25, 0.3) is 0 Å². The van der Waals surface area contributed by atoms with E-state index in [0.29, 0.717) is 11.4 Å². The summed E-state index contributed by atoms with van der Waals surface area (Å²) in [5.41, 5.74) is 0.941. The van der Waals surface area contributed by atoms with Crippen LogP contribution < -0.4 is 10.2 Å². The minimum atomic E-state index is -0.598. The Bertz CT molecular complexity index is 805. The van der Waals surface area contributed by atoms with Crippen molar-refractivity contribution in [3.63, 3.8) is 0 Å². The zero-order valence-electron chi connectivity index (χ0n) is 12.9. The first kappa shape index (κ1) is 17.4. The lowest BCUT2D eigenvalue weighted by molar-refractivity contribution is -0.384. The molecule has 0 aliphatic heterocycles. The minimum Gasteiger partial charge on any atom is -0.322 e. The Morgan fingerprint density at radius 2 is 1.79 bits per heavy atom. The van der Waals surface area contributed by atoms with Crippen LogP contribution in [0.3, 0.4) is 0 Å². The molecule has 2 aromatic rings. The number of hydrogen-bond acceptors (Lipinski definition) is 4. The predicted molar refractivity (Wildman–Crippen MR) is 91.6 cm³/mol. The average molecular weight is 348 g/mol. The first-order valence-corrected chi connectivity index (χ1v) is 7.27. The van der Waals surface area contributed by atoms with E-state index < -0.39 is 10.8 Å². The molecule has 7 nitrogen and oxygen atoms in total. The molecular formula is C16H14ClN3O4. The summed E-state index contributed by atoms with van der Waals surface area (Å²) in [6.07, 6.45) is 0. The summed E-state index contributed by atoms with van der Waals surface area (Å²) in [5, 5.41) is 13.5. The number of non-ortho nitro benzene ring substituents is 1. The lowest BCUT2D eigenvalue weighted by Crippen LogP contribution is -2.22. The Kier molecular flexibility index (Phi) is 5.15. The van der Waals surface area contributed by atoms with Crippen molar-refractivity contribution in [2.24, 2.45) is 0 Å². The van der Waals surface area contributed by atoms with Gasteiger partial charge in [-0.3, -0.25) is 19.7 Å². The number of rotatable bonds is 4. The molecule has 0 bridgehead atoms. The molecule has 124 valence electrons. The lowest BCUT2D eigenvalue weighted by atomic mass is 10.1. The molecule has 0 unspecified atom stereocenters. The number of anilines is 2. The molecule has 0 fully saturated rings. The lowest BCUT2D eigenvalue weighted by Gasteiger charge is -2.15. The van der Waals surface area contributed by atoms with E-state index in [1.165, 1.54) is 24.0 Å². The van der Waals surface area contributed by atoms with Crippen molar-refractivity contribution in [2.75, 3.05) is 17.3 Å². The fraction of sp³-hybridized carbons (Fsp3) is 0.125. The number of nitro benzene ring substituents is 1. The van der Waals surface area contributed by atoms with E-state index in [0.717, 1.165) is 6.07 Å². The van der Waals surface area contributed by atoms with E-state index in [1.54, 1.807) is 31.3 Å². The molecule has 0 saturated carbocycles. The molecule has 0 aliphatic carbocycles. The number of hydrogen-bond donors (Lipinski definition) is 1. The third-order valence-corrected chi connectivity index (χ3v) is 3.72. The van der Waals surface area contributed by atoms with Crippen LogP contribution in [0.2, 0.25) is 5.02 Å². The number of nitro groups is 1. The number of amides is 2. The highest BCUT2D eigenvalue weighted by molar-refractivity contribution is 6.34. The molecule has 24 heavy (non-hydrogen) atoms. The van der Waals surface area contributed by atoms with Gasteiger partial charge in [-0.1, -0.05) is 11.6 Å². The van der Waals surface area contributed by atoms with Gasteiger partial charge >= 0.3 is 0 Å². The Morgan fingerprint density at radius 1 is 1.17 bits per heavy atom. The Labute approximate surface area is 143 Å². The SMILES string of the molecule is CC(=O)N(C)c1ccc(NC(=O)c2cc([N+](=O)[O-])ccc2Cl)cc1. The minimum absolute atomic E-state index is 0.01000. The number of nitrogens with zero attached hydrogens (tertiary/aromatic N) is 2. The number of carbonyl (C=O) groups is 2. The van der Waals surface area contributed by atoms with Gasteiger partial charge in [0.1, 0.15) is 0 Å². The van der Waals surface area contributed by atoms with Crippen molar-refractivity contribution >= 4 is 40.5 Å². The van der Waals surface area contributed by atoms with Gasteiger partial charge in [-0.05, 0) is 30.3 Å². The van der Waals surface area contributed by atoms with Crippen LogP contribution in [0.15, 0.2) is 42.5 Å². The normalized spacial score (nSPS) is 10.1. The maximum Gasteiger partial charge on any atom is 0.270 e. The Balaban J connectivity index is 2.19. The topological polar surface area (TPSA) is 92.6 Å². The summed E-state index contributed by atoms with van der Waals surface area (Å²) in [6, 6.07) is 10.2. The summed E-state index contributed by atoms with van der Waals surface area (Å²) >= 11 is 5.94. The van der Waals surface area contributed by atoms with Crippen LogP contribution in [-0.4, -0.2) is 23.8 Å². The van der Waals surface area contributed by atoms with E-state index in [4.69, 9.17) is 11.6 Å². The Hall–Kier alpha value is -2.93. The number of carbonyl (C=O) groups excluding carboxylic acids is 2. The summed E-state index contributed by atoms with van der Waals surface area (Å²) in [5.74, 6) is -0.675. The van der Waals surface area contributed by atoms with Gasteiger partial charge in [-0.25, -0.2) is 0 Å². The van der Waals surface area contributed by atoms with Crippen LogP contribution in [0.4, 0.5) is 17.1 Å². The summed E-state index contributed by atoms with van der Waals surface area (Å²) in [7, 11) is 1.64. The molecule has 0 aromatic heterocycles. The van der Waals surface area contributed by atoms with Crippen LogP contribution >= 0.6 is 11.6 Å². The van der Waals surface area contributed by atoms with E-state index in [-0.39, 0.29) is 22.2 Å². The quantitative estimate of drug-likeness (QED) is 0.676. The monoisotopic (exact) mass is 347 g/mol. The molecule has 2 aromatic carbocycles. The molecule has 2 rings (SSSR count). The molecule has 0 heterocycles. The van der Waals surface area contributed by atoms with E-state index in [9.17, 15) is 19.7 Å². The van der Waals surface area contributed by atoms with Gasteiger partial charge < -0.3 is 10.2 Å². The maximum absolute atomic E-state index is 12.3. The molecule has 8 heteroatoms. The van der Waals surface area contributed by atoms with Crippen LogP contribution in [-0.2, 0) is 4.79 Å². The summed E-state index contributed by atoms with van der Waals surface area (Å²) < 4.78 is 0. The second-order valence-electron chi connectivity index (χ2n) is 5.00. The molecule has 1 N–H and O–H groups in total. The van der Waals surface area contributed by atoms with Gasteiger partial charge in [0.05, 0.1) is 15.5 Å². The first-order valence-electron chi connectivity index (χ1n) is 6.89. The van der Waals surface area contributed by atoms with E-state index in [1.807, 2.05) is 0 Å². The van der Waals surface area contributed by atoms with Gasteiger partial charge in [0.2, 0.25) is 5.91 Å². The van der Waals surface area contributed by atoms with Crippen molar-refractivity contribution in [1.29, 1.82) is 0 Å². The average Bonchev–Trinajstić information content (AvgIpc) is 2.54. The molecule has 0 spiro atoms. The number of benzene rings is 2. The van der Waals surface area contributed by atoms with Gasteiger partial charge in [-0.15, -0.1) is 0 Å². The maximum atomic E-state index is 12.3. The fourth-order valence-corrected chi connectivity index (χ4v) is 2.15. The van der Waals surface area contributed by atoms with Crippen molar-refractivity contribution in [2.45, 2.75) is 6.92 Å². The van der Waals surface area contributed by atoms with Crippen molar-refractivity contribution in [3.8, 4) is 0 Å². The first-order chi connectivity index (χ1) is 11.3. The highest BCUT2D eigenvalue weighted by Crippen LogP contribution is 2.24. The second-order valence-corrected chi connectivity index (χ2v) is 5.41. The fourth-order valence-electron chi connectivity index (χ4n) is 1.95. The van der Waals surface area contributed by atoms with E-state index >= 15 is 0 Å². The van der Waals surface area contributed by atoms with Crippen molar-refractivity contribution < 1.29 is 14.5 Å². The highest BCUT2D eigenvalue weighted by Gasteiger charge is 2.16. The van der Waals surface area contributed by atoms with Gasteiger partial charge in [0.25, 0.3) is 11.6 Å². The van der Waals surface area contributed by atoms with Crippen LogP contribution in [0.1, 0.15) is 17.3 Å². The van der Waals surface area contributed by atoms with Gasteiger partial charge in [0, 0.05) is 37.5 Å². The largest absolute Gasteiger partial charge is 0.322 e. The third-order valence-electron chi connectivity index (χ3n) is 3.39. The highest BCUT2D eigenvalue weighted by atomic mass is 35.5. The summed E-state index contributed by atoms with van der Waals surface area (Å²) in [6.45, 7) is 1.44. The number of nitrogens with one attached hydrogen (secondary N) is 1. The molecular weight excluding hydrogens is 334 g/mol. The smallest absolute Gasteiger partial charge is 0.270 e. The van der Waals surface area contributed by atoms with Crippen molar-refractivity contribution in [1.82, 2.24) is 0 Å². The predicted octanol–water partition coefficient (Wildman–Crippen LogP) is 3.48. The molecule has 0 saturated heterocycles. The van der Waals surface area contributed by atoms with Gasteiger partial charge in [0.15, 0.2) is 0 Å².